The van der Waals surface area contributed by atoms with Crippen molar-refractivity contribution >= 4 is 21.6 Å². The number of halogens is 4. The molecule has 6 heteroatoms. The molecule has 19 heavy (non-hydrogen) atoms. The van der Waals surface area contributed by atoms with Gasteiger partial charge >= 0.3 is 6.18 Å². The Balaban J connectivity index is 3.23. The van der Waals surface area contributed by atoms with Crippen LogP contribution in [0.15, 0.2) is 22.7 Å². The Bertz CT molecular complexity index is 446. The van der Waals surface area contributed by atoms with Gasteiger partial charge in [-0.15, -0.1) is 0 Å². The Morgan fingerprint density at radius 2 is 1.89 bits per heavy atom. The second-order valence-electron chi connectivity index (χ2n) is 5.09. The minimum atomic E-state index is -4.39. The fraction of sp³-hybridized carbons (Fsp3) is 0.538. The molecule has 0 bridgehead atoms. The van der Waals surface area contributed by atoms with Gasteiger partial charge in [-0.2, -0.15) is 13.2 Å². The van der Waals surface area contributed by atoms with Crippen LogP contribution in [-0.2, 0) is 6.18 Å². The summed E-state index contributed by atoms with van der Waals surface area (Å²) in [6.45, 7) is 5.91. The summed E-state index contributed by atoms with van der Waals surface area (Å²) in [5.74, 6) is 0.0950. The van der Waals surface area contributed by atoms with Crippen LogP contribution in [0.25, 0.3) is 0 Å². The van der Waals surface area contributed by atoms with E-state index in [2.05, 4.69) is 21.2 Å². The van der Waals surface area contributed by atoms with E-state index in [1.165, 1.54) is 12.1 Å². The molecule has 1 aromatic carbocycles. The van der Waals surface area contributed by atoms with Gasteiger partial charge in [0.25, 0.3) is 0 Å². The first-order chi connectivity index (χ1) is 8.60. The van der Waals surface area contributed by atoms with E-state index >= 15 is 0 Å². The third kappa shape index (κ3) is 3.86. The molecule has 0 saturated heterocycles. The van der Waals surface area contributed by atoms with Crippen LogP contribution >= 0.6 is 15.9 Å². The van der Waals surface area contributed by atoms with Crippen LogP contribution in [0.5, 0.6) is 0 Å². The number of anilines is 1. The molecule has 0 spiro atoms. The summed E-state index contributed by atoms with van der Waals surface area (Å²) >= 11 is 3.19. The maximum Gasteiger partial charge on any atom is 0.418 e. The maximum absolute atomic E-state index is 13.0. The third-order valence-electron chi connectivity index (χ3n) is 3.41. The highest BCUT2D eigenvalue weighted by atomic mass is 79.9. The van der Waals surface area contributed by atoms with Gasteiger partial charge in [0.15, 0.2) is 0 Å². The second kappa shape index (κ2) is 5.71. The lowest BCUT2D eigenvalue weighted by Gasteiger charge is -2.35. The molecule has 0 radical (unpaired) electrons. The van der Waals surface area contributed by atoms with Crippen LogP contribution in [-0.4, -0.2) is 12.1 Å². The first-order valence-electron chi connectivity index (χ1n) is 5.95. The van der Waals surface area contributed by atoms with E-state index in [4.69, 9.17) is 5.73 Å². The lowest BCUT2D eigenvalue weighted by molar-refractivity contribution is -0.137. The molecule has 0 aliphatic heterocycles. The molecule has 3 N–H and O–H groups in total. The zero-order chi connectivity index (χ0) is 14.8. The van der Waals surface area contributed by atoms with Gasteiger partial charge in [-0.3, -0.25) is 0 Å². The number of hydrogen-bond acceptors (Lipinski definition) is 2. The smallest absolute Gasteiger partial charge is 0.378 e. The molecule has 108 valence electrons. The average Bonchev–Trinajstić information content (AvgIpc) is 2.26. The predicted molar refractivity (Wildman–Crippen MR) is 75.1 cm³/mol. The van der Waals surface area contributed by atoms with Gasteiger partial charge in [0.05, 0.1) is 5.56 Å². The largest absolute Gasteiger partial charge is 0.418 e. The summed E-state index contributed by atoms with van der Waals surface area (Å²) in [4.78, 5) is 0. The van der Waals surface area contributed by atoms with E-state index in [1.54, 1.807) is 0 Å². The maximum atomic E-state index is 13.0. The van der Waals surface area contributed by atoms with Crippen LogP contribution < -0.4 is 11.1 Å². The first kappa shape index (κ1) is 16.3. The molecule has 0 aliphatic carbocycles. The molecule has 0 saturated carbocycles. The van der Waals surface area contributed by atoms with Gasteiger partial charge in [0, 0.05) is 22.2 Å². The average molecular weight is 339 g/mol. The molecule has 0 heterocycles. The monoisotopic (exact) mass is 338 g/mol. The molecule has 2 nitrogen and oxygen atoms in total. The van der Waals surface area contributed by atoms with Crippen LogP contribution in [0.4, 0.5) is 18.9 Å². The van der Waals surface area contributed by atoms with Gasteiger partial charge in [0.2, 0.25) is 0 Å². The highest BCUT2D eigenvalue weighted by Crippen LogP contribution is 2.38. The summed E-state index contributed by atoms with van der Waals surface area (Å²) in [7, 11) is 0. The fourth-order valence-electron chi connectivity index (χ4n) is 1.61. The van der Waals surface area contributed by atoms with Gasteiger partial charge in [-0.05, 0) is 31.0 Å². The number of alkyl halides is 3. The van der Waals surface area contributed by atoms with Gasteiger partial charge in [0.1, 0.15) is 0 Å². The number of nitrogens with one attached hydrogen (secondary N) is 1. The van der Waals surface area contributed by atoms with E-state index in [0.717, 1.165) is 6.07 Å². The summed E-state index contributed by atoms with van der Waals surface area (Å²) in [5.41, 5.74) is 4.46. The highest BCUT2D eigenvalue weighted by Gasteiger charge is 2.36. The van der Waals surface area contributed by atoms with Crippen molar-refractivity contribution in [3.8, 4) is 0 Å². The van der Waals surface area contributed by atoms with Crippen molar-refractivity contribution in [3.63, 3.8) is 0 Å². The molecule has 1 rings (SSSR count). The molecule has 1 unspecified atom stereocenters. The van der Waals surface area contributed by atoms with E-state index in [-0.39, 0.29) is 18.2 Å². The number of hydrogen-bond donors (Lipinski definition) is 2. The quantitative estimate of drug-likeness (QED) is 0.861. The summed E-state index contributed by atoms with van der Waals surface area (Å²) < 4.78 is 39.5. The van der Waals surface area contributed by atoms with Crippen molar-refractivity contribution in [3.05, 3.63) is 28.2 Å². The zero-order valence-electron chi connectivity index (χ0n) is 11.1. The Hall–Kier alpha value is -0.750. The van der Waals surface area contributed by atoms with Crippen molar-refractivity contribution in [2.75, 3.05) is 11.9 Å². The Kier molecular flexibility index (Phi) is 4.90. The highest BCUT2D eigenvalue weighted by molar-refractivity contribution is 9.10. The summed E-state index contributed by atoms with van der Waals surface area (Å²) in [6.07, 6.45) is -4.39. The summed E-state index contributed by atoms with van der Waals surface area (Å²) in [5, 5.41) is 2.95. The van der Waals surface area contributed by atoms with Crippen molar-refractivity contribution in [1.82, 2.24) is 0 Å². The molecule has 0 fully saturated rings. The van der Waals surface area contributed by atoms with Crippen LogP contribution in [0, 0.1) is 5.92 Å². The minimum absolute atomic E-state index is 0.0449. The molecule has 1 atom stereocenters. The summed E-state index contributed by atoms with van der Waals surface area (Å²) in [6, 6.07) is 3.87. The normalized spacial score (nSPS) is 15.4. The first-order valence-corrected chi connectivity index (χ1v) is 6.74. The predicted octanol–water partition coefficient (Wildman–Crippen LogP) is 4.25. The number of benzene rings is 1. The molecule has 1 aromatic rings. The molecule has 0 aliphatic rings. The van der Waals surface area contributed by atoms with Crippen LogP contribution in [0.3, 0.4) is 0 Å². The van der Waals surface area contributed by atoms with E-state index < -0.39 is 17.3 Å². The lowest BCUT2D eigenvalue weighted by Crippen LogP contribution is -2.47. The van der Waals surface area contributed by atoms with E-state index in [0.29, 0.717) is 4.47 Å². The minimum Gasteiger partial charge on any atom is -0.378 e. The van der Waals surface area contributed by atoms with Gasteiger partial charge in [-0.25, -0.2) is 0 Å². The Morgan fingerprint density at radius 3 is 2.32 bits per heavy atom. The molecule has 0 aromatic heterocycles. The van der Waals surface area contributed by atoms with Gasteiger partial charge in [-0.1, -0.05) is 29.8 Å². The SMILES string of the molecule is CC(C)C(C)(CN)Nc1cc(Br)ccc1C(F)(F)F. The molecule has 0 amide bonds. The molecular weight excluding hydrogens is 321 g/mol. The van der Waals surface area contributed by atoms with Crippen molar-refractivity contribution in [2.24, 2.45) is 11.7 Å². The van der Waals surface area contributed by atoms with Crippen molar-refractivity contribution in [1.29, 1.82) is 0 Å². The van der Waals surface area contributed by atoms with Crippen LogP contribution in [0.1, 0.15) is 26.3 Å². The lowest BCUT2D eigenvalue weighted by atomic mass is 9.88. The van der Waals surface area contributed by atoms with E-state index in [9.17, 15) is 13.2 Å². The fourth-order valence-corrected chi connectivity index (χ4v) is 1.97. The third-order valence-corrected chi connectivity index (χ3v) is 3.90. The van der Waals surface area contributed by atoms with Crippen LogP contribution in [0.2, 0.25) is 0 Å². The Morgan fingerprint density at radius 1 is 1.32 bits per heavy atom. The standard InChI is InChI=1S/C13H18BrF3N2/c1-8(2)12(3,7-18)19-11-6-9(14)4-5-10(11)13(15,16)17/h4-6,8,19H,7,18H2,1-3H3. The van der Waals surface area contributed by atoms with Crippen molar-refractivity contribution < 1.29 is 13.2 Å². The van der Waals surface area contributed by atoms with Gasteiger partial charge < -0.3 is 11.1 Å². The topological polar surface area (TPSA) is 38.0 Å². The molecular formula is C13H18BrF3N2. The number of rotatable bonds is 4. The zero-order valence-corrected chi connectivity index (χ0v) is 12.7. The Labute approximate surface area is 119 Å². The second-order valence-corrected chi connectivity index (χ2v) is 6.00. The number of nitrogens with two attached hydrogens (primary N) is 1. The van der Waals surface area contributed by atoms with Crippen molar-refractivity contribution in [2.45, 2.75) is 32.5 Å². The van der Waals surface area contributed by atoms with E-state index in [1.807, 2.05) is 20.8 Å².